The van der Waals surface area contributed by atoms with Gasteiger partial charge in [-0.2, -0.15) is 5.10 Å². The van der Waals surface area contributed by atoms with Gasteiger partial charge in [0.05, 0.1) is 17.6 Å². The molecule has 1 fully saturated rings. The monoisotopic (exact) mass is 273 g/mol. The Bertz CT molecular complexity index is 570. The second-order valence-corrected chi connectivity index (χ2v) is 5.39. The molecule has 0 unspecified atom stereocenters. The molecule has 1 saturated carbocycles. The van der Waals surface area contributed by atoms with Gasteiger partial charge in [-0.1, -0.05) is 6.92 Å². The van der Waals surface area contributed by atoms with Crippen molar-refractivity contribution in [3.63, 3.8) is 0 Å². The first kappa shape index (κ1) is 13.3. The van der Waals surface area contributed by atoms with Crippen LogP contribution < -0.4 is 5.32 Å². The maximum atomic E-state index is 13.0. The predicted molar refractivity (Wildman–Crippen MR) is 77.5 cm³/mol. The Kier molecular flexibility index (Phi) is 3.83. The van der Waals surface area contributed by atoms with Crippen LogP contribution in [0.1, 0.15) is 43.4 Å². The molecule has 0 amide bonds. The van der Waals surface area contributed by atoms with E-state index in [1.165, 1.54) is 36.2 Å². The quantitative estimate of drug-likeness (QED) is 0.818. The maximum Gasteiger partial charge on any atom is 0.123 e. The third-order valence-electron chi connectivity index (χ3n) is 3.66. The second kappa shape index (κ2) is 5.75. The highest BCUT2D eigenvalue weighted by atomic mass is 19.1. The summed E-state index contributed by atoms with van der Waals surface area (Å²) in [5.41, 5.74) is 3.50. The van der Waals surface area contributed by atoms with Gasteiger partial charge in [-0.25, -0.2) is 9.07 Å². The van der Waals surface area contributed by atoms with Crippen LogP contribution in [0.2, 0.25) is 0 Å². The van der Waals surface area contributed by atoms with E-state index >= 15 is 0 Å². The number of halogens is 1. The number of nitrogens with one attached hydrogen (secondary N) is 1. The van der Waals surface area contributed by atoms with Gasteiger partial charge in [0.15, 0.2) is 0 Å². The lowest BCUT2D eigenvalue weighted by Gasteiger charge is -2.09. The molecule has 0 atom stereocenters. The molecule has 106 valence electrons. The van der Waals surface area contributed by atoms with Crippen molar-refractivity contribution in [3.05, 3.63) is 47.5 Å². The summed E-state index contributed by atoms with van der Waals surface area (Å²) in [5, 5.41) is 7.95. The third kappa shape index (κ3) is 2.75. The lowest BCUT2D eigenvalue weighted by Crippen LogP contribution is -2.15. The summed E-state index contributed by atoms with van der Waals surface area (Å²) in [6.07, 6.45) is 5.53. The van der Waals surface area contributed by atoms with E-state index in [1.807, 2.05) is 10.9 Å². The summed E-state index contributed by atoms with van der Waals surface area (Å²) in [6.45, 7) is 4.05. The summed E-state index contributed by atoms with van der Waals surface area (Å²) in [4.78, 5) is 0. The highest BCUT2D eigenvalue weighted by Gasteiger charge is 2.30. The SMILES string of the molecule is CCCNCc1cnn(-c2ccc(F)cc2)c1C1CC1. The zero-order valence-electron chi connectivity index (χ0n) is 11.8. The van der Waals surface area contributed by atoms with Crippen LogP contribution in [0.5, 0.6) is 0 Å². The number of nitrogens with zero attached hydrogens (tertiary/aromatic N) is 2. The first-order valence-electron chi connectivity index (χ1n) is 7.33. The second-order valence-electron chi connectivity index (χ2n) is 5.39. The number of aromatic nitrogens is 2. The molecular weight excluding hydrogens is 253 g/mol. The minimum atomic E-state index is -0.210. The Balaban J connectivity index is 1.88. The van der Waals surface area contributed by atoms with E-state index in [2.05, 4.69) is 17.3 Å². The van der Waals surface area contributed by atoms with Crippen molar-refractivity contribution in [2.75, 3.05) is 6.54 Å². The number of rotatable bonds is 6. The van der Waals surface area contributed by atoms with E-state index in [-0.39, 0.29) is 5.82 Å². The smallest absolute Gasteiger partial charge is 0.123 e. The standard InChI is InChI=1S/C16H20FN3/c1-2-9-18-10-13-11-19-20(16(13)12-3-4-12)15-7-5-14(17)6-8-15/h5-8,11-12,18H,2-4,9-10H2,1H3. The van der Waals surface area contributed by atoms with Gasteiger partial charge in [0.1, 0.15) is 5.82 Å². The van der Waals surface area contributed by atoms with Crippen molar-refractivity contribution in [3.8, 4) is 5.69 Å². The first-order valence-corrected chi connectivity index (χ1v) is 7.33. The van der Waals surface area contributed by atoms with Gasteiger partial charge < -0.3 is 5.32 Å². The number of hydrogen-bond donors (Lipinski definition) is 1. The summed E-state index contributed by atoms with van der Waals surface area (Å²) in [6, 6.07) is 6.56. The van der Waals surface area contributed by atoms with Crippen LogP contribution in [0.3, 0.4) is 0 Å². The van der Waals surface area contributed by atoms with Gasteiger partial charge in [-0.05, 0) is 50.1 Å². The Morgan fingerprint density at radius 1 is 1.30 bits per heavy atom. The molecule has 2 aromatic rings. The molecule has 1 heterocycles. The lowest BCUT2D eigenvalue weighted by atomic mass is 10.1. The van der Waals surface area contributed by atoms with Crippen LogP contribution in [0.25, 0.3) is 5.69 Å². The summed E-state index contributed by atoms with van der Waals surface area (Å²) < 4.78 is 15.0. The fraction of sp³-hybridized carbons (Fsp3) is 0.438. The highest BCUT2D eigenvalue weighted by molar-refractivity contribution is 5.38. The fourth-order valence-electron chi connectivity index (χ4n) is 2.51. The predicted octanol–water partition coefficient (Wildman–Crippen LogP) is 3.39. The molecule has 4 heteroatoms. The minimum Gasteiger partial charge on any atom is -0.313 e. The molecule has 1 N–H and O–H groups in total. The van der Waals surface area contributed by atoms with Crippen molar-refractivity contribution in [2.45, 2.75) is 38.6 Å². The molecule has 1 aromatic heterocycles. The topological polar surface area (TPSA) is 29.9 Å². The Morgan fingerprint density at radius 3 is 2.70 bits per heavy atom. The Hall–Kier alpha value is -1.68. The third-order valence-corrected chi connectivity index (χ3v) is 3.66. The molecule has 1 aliphatic carbocycles. The van der Waals surface area contributed by atoms with E-state index in [4.69, 9.17) is 0 Å². The van der Waals surface area contributed by atoms with Crippen LogP contribution in [-0.4, -0.2) is 16.3 Å². The van der Waals surface area contributed by atoms with Gasteiger partial charge in [0.2, 0.25) is 0 Å². The molecule has 0 aliphatic heterocycles. The molecule has 0 radical (unpaired) electrons. The van der Waals surface area contributed by atoms with Crippen molar-refractivity contribution < 1.29 is 4.39 Å². The van der Waals surface area contributed by atoms with Gasteiger partial charge >= 0.3 is 0 Å². The molecule has 0 spiro atoms. The lowest BCUT2D eigenvalue weighted by molar-refractivity contribution is 0.626. The van der Waals surface area contributed by atoms with E-state index in [0.29, 0.717) is 5.92 Å². The zero-order valence-corrected chi connectivity index (χ0v) is 11.8. The summed E-state index contributed by atoms with van der Waals surface area (Å²) >= 11 is 0. The molecule has 0 saturated heterocycles. The van der Waals surface area contributed by atoms with Crippen LogP contribution in [0.4, 0.5) is 4.39 Å². The van der Waals surface area contributed by atoms with Crippen molar-refractivity contribution in [1.29, 1.82) is 0 Å². The van der Waals surface area contributed by atoms with E-state index < -0.39 is 0 Å². The molecule has 1 aliphatic rings. The average molecular weight is 273 g/mol. The van der Waals surface area contributed by atoms with Crippen molar-refractivity contribution >= 4 is 0 Å². The number of hydrogen-bond acceptors (Lipinski definition) is 2. The van der Waals surface area contributed by atoms with Crippen molar-refractivity contribution in [1.82, 2.24) is 15.1 Å². The van der Waals surface area contributed by atoms with E-state index in [9.17, 15) is 4.39 Å². The average Bonchev–Trinajstić information content (AvgIpc) is 3.21. The van der Waals surface area contributed by atoms with Crippen LogP contribution >= 0.6 is 0 Å². The molecule has 3 rings (SSSR count). The van der Waals surface area contributed by atoms with Crippen LogP contribution in [0, 0.1) is 5.82 Å². The molecule has 1 aromatic carbocycles. The van der Waals surface area contributed by atoms with Gasteiger partial charge in [0.25, 0.3) is 0 Å². The Morgan fingerprint density at radius 2 is 2.05 bits per heavy atom. The van der Waals surface area contributed by atoms with Gasteiger partial charge in [0, 0.05) is 18.0 Å². The Labute approximate surface area is 118 Å². The normalized spacial score (nSPS) is 14.7. The fourth-order valence-corrected chi connectivity index (χ4v) is 2.51. The minimum absolute atomic E-state index is 0.210. The van der Waals surface area contributed by atoms with Gasteiger partial charge in [-0.15, -0.1) is 0 Å². The van der Waals surface area contributed by atoms with E-state index in [0.717, 1.165) is 25.2 Å². The van der Waals surface area contributed by atoms with Gasteiger partial charge in [-0.3, -0.25) is 0 Å². The number of benzene rings is 1. The molecule has 20 heavy (non-hydrogen) atoms. The molecular formula is C16H20FN3. The van der Waals surface area contributed by atoms with Crippen molar-refractivity contribution in [2.24, 2.45) is 0 Å². The summed E-state index contributed by atoms with van der Waals surface area (Å²) in [5.74, 6) is 0.402. The largest absolute Gasteiger partial charge is 0.313 e. The summed E-state index contributed by atoms with van der Waals surface area (Å²) in [7, 11) is 0. The van der Waals surface area contributed by atoms with Crippen LogP contribution in [-0.2, 0) is 6.54 Å². The highest BCUT2D eigenvalue weighted by Crippen LogP contribution is 2.42. The maximum absolute atomic E-state index is 13.0. The first-order chi connectivity index (χ1) is 9.79. The van der Waals surface area contributed by atoms with Crippen LogP contribution in [0.15, 0.2) is 30.5 Å². The van der Waals surface area contributed by atoms with E-state index in [1.54, 1.807) is 12.1 Å². The molecule has 0 bridgehead atoms. The molecule has 3 nitrogen and oxygen atoms in total. The zero-order chi connectivity index (χ0) is 13.9.